The average molecular weight is 300 g/mol. The number of methoxy groups -OCH3 is 2. The van der Waals surface area contributed by atoms with Crippen LogP contribution in [0.25, 0.3) is 0 Å². The molecular weight excluding hydrogens is 276 g/mol. The van der Waals surface area contributed by atoms with E-state index in [-0.39, 0.29) is 5.41 Å². The van der Waals surface area contributed by atoms with Gasteiger partial charge in [0.1, 0.15) is 5.75 Å². The lowest BCUT2D eigenvalue weighted by Gasteiger charge is -2.25. The highest BCUT2D eigenvalue weighted by Gasteiger charge is 2.24. The monoisotopic (exact) mass is 300 g/mol. The molecule has 1 unspecified atom stereocenters. The van der Waals surface area contributed by atoms with Crippen molar-refractivity contribution in [1.82, 2.24) is 0 Å². The van der Waals surface area contributed by atoms with Crippen molar-refractivity contribution in [3.05, 3.63) is 17.7 Å². The molecule has 0 spiro atoms. The van der Waals surface area contributed by atoms with Gasteiger partial charge in [0.15, 0.2) is 11.5 Å². The zero-order valence-electron chi connectivity index (χ0n) is 13.1. The van der Waals surface area contributed by atoms with Gasteiger partial charge in [-0.15, -0.1) is 0 Å². The molecule has 20 heavy (non-hydrogen) atoms. The maximum absolute atomic E-state index is 11.2. The molecule has 0 radical (unpaired) electrons. The first-order valence-electron chi connectivity index (χ1n) is 6.49. The molecule has 1 aromatic rings. The first-order chi connectivity index (χ1) is 9.29. The van der Waals surface area contributed by atoms with Crippen LogP contribution in [0.3, 0.4) is 0 Å². The molecule has 1 aromatic carbocycles. The lowest BCUT2D eigenvalue weighted by atomic mass is 9.86. The molecule has 5 heteroatoms. The van der Waals surface area contributed by atoms with Crippen LogP contribution in [-0.2, 0) is 16.2 Å². The Morgan fingerprint density at radius 3 is 2.25 bits per heavy atom. The van der Waals surface area contributed by atoms with Crippen molar-refractivity contribution < 1.29 is 18.4 Å². The van der Waals surface area contributed by atoms with Crippen LogP contribution in [0.4, 0.5) is 0 Å². The molecule has 0 N–H and O–H groups in total. The molecule has 0 aliphatic rings. The minimum absolute atomic E-state index is 0.109. The summed E-state index contributed by atoms with van der Waals surface area (Å²) in [6.07, 6.45) is 1.67. The van der Waals surface area contributed by atoms with Crippen LogP contribution in [-0.4, -0.2) is 37.0 Å². The third-order valence-corrected chi connectivity index (χ3v) is 3.65. The van der Waals surface area contributed by atoms with Gasteiger partial charge in [-0.2, -0.15) is 0 Å². The van der Waals surface area contributed by atoms with Crippen LogP contribution >= 0.6 is 0 Å². The predicted molar refractivity (Wildman–Crippen MR) is 82.7 cm³/mol. The van der Waals surface area contributed by atoms with Gasteiger partial charge >= 0.3 is 0 Å². The van der Waals surface area contributed by atoms with Gasteiger partial charge in [0.25, 0.3) is 0 Å². The van der Waals surface area contributed by atoms with Crippen LogP contribution in [0.1, 0.15) is 26.3 Å². The zero-order chi connectivity index (χ0) is 15.3. The van der Waals surface area contributed by atoms with Crippen LogP contribution in [0.15, 0.2) is 12.1 Å². The van der Waals surface area contributed by atoms with Gasteiger partial charge in [0.05, 0.1) is 26.6 Å². The third kappa shape index (κ3) is 4.40. The molecule has 0 amide bonds. The zero-order valence-corrected chi connectivity index (χ0v) is 13.9. The molecule has 4 nitrogen and oxygen atoms in total. The second kappa shape index (κ2) is 6.97. The Labute approximate surface area is 123 Å². The van der Waals surface area contributed by atoms with Crippen molar-refractivity contribution in [2.24, 2.45) is 0 Å². The predicted octanol–water partition coefficient (Wildman–Crippen LogP) is 2.76. The van der Waals surface area contributed by atoms with Gasteiger partial charge in [-0.05, 0) is 11.5 Å². The number of hydrogen-bond donors (Lipinski definition) is 0. The van der Waals surface area contributed by atoms with Crippen LogP contribution in [0.5, 0.6) is 17.2 Å². The van der Waals surface area contributed by atoms with E-state index in [1.54, 1.807) is 26.5 Å². The lowest BCUT2D eigenvalue weighted by Crippen LogP contribution is -2.16. The lowest BCUT2D eigenvalue weighted by molar-refractivity contribution is 0.301. The van der Waals surface area contributed by atoms with Gasteiger partial charge in [0, 0.05) is 28.7 Å². The second-order valence-electron chi connectivity index (χ2n) is 5.58. The Balaban J connectivity index is 3.19. The molecule has 0 aliphatic heterocycles. The topological polar surface area (TPSA) is 44.8 Å². The third-order valence-electron chi connectivity index (χ3n) is 2.91. The van der Waals surface area contributed by atoms with E-state index in [1.807, 2.05) is 6.07 Å². The van der Waals surface area contributed by atoms with Crippen molar-refractivity contribution in [2.75, 3.05) is 32.8 Å². The summed E-state index contributed by atoms with van der Waals surface area (Å²) in [5.74, 6) is 2.57. The molecule has 0 fully saturated rings. The Morgan fingerprint density at radius 2 is 1.80 bits per heavy atom. The summed E-state index contributed by atoms with van der Waals surface area (Å²) in [7, 11) is 2.36. The highest BCUT2D eigenvalue weighted by molar-refractivity contribution is 7.84. The number of hydrogen-bond acceptors (Lipinski definition) is 4. The van der Waals surface area contributed by atoms with E-state index >= 15 is 0 Å². The van der Waals surface area contributed by atoms with Gasteiger partial charge in [-0.3, -0.25) is 4.21 Å². The van der Waals surface area contributed by atoms with E-state index in [1.165, 1.54) is 0 Å². The highest BCUT2D eigenvalue weighted by atomic mass is 32.2. The van der Waals surface area contributed by atoms with Crippen molar-refractivity contribution >= 4 is 10.8 Å². The molecule has 0 aromatic heterocycles. The first-order valence-corrected chi connectivity index (χ1v) is 8.21. The summed E-state index contributed by atoms with van der Waals surface area (Å²) in [5.41, 5.74) is 0.901. The SMILES string of the molecule is COc1cc(OC)c(OCCS(C)=O)c(C(C)(C)C)c1. The number of rotatable bonds is 6. The second-order valence-corrected chi connectivity index (χ2v) is 7.14. The van der Waals surface area contributed by atoms with Crippen molar-refractivity contribution in [3.8, 4) is 17.2 Å². The molecule has 0 bridgehead atoms. The quantitative estimate of drug-likeness (QED) is 0.810. The Hall–Kier alpha value is -1.23. The van der Waals surface area contributed by atoms with Crippen LogP contribution in [0, 0.1) is 0 Å². The standard InChI is InChI=1S/C15H24O4S/c1-15(2,3)12-9-11(17-4)10-13(18-5)14(12)19-7-8-20(6)16/h9-10H,7-8H2,1-6H3. The van der Waals surface area contributed by atoms with E-state index < -0.39 is 10.8 Å². The van der Waals surface area contributed by atoms with E-state index in [2.05, 4.69) is 20.8 Å². The molecular formula is C15H24O4S. The first kappa shape index (κ1) is 16.8. The fourth-order valence-electron chi connectivity index (χ4n) is 1.81. The normalized spacial score (nSPS) is 12.9. The minimum Gasteiger partial charge on any atom is -0.497 e. The minimum atomic E-state index is -0.872. The summed E-state index contributed by atoms with van der Waals surface area (Å²) in [4.78, 5) is 0. The summed E-state index contributed by atoms with van der Waals surface area (Å²) in [6.45, 7) is 6.71. The summed E-state index contributed by atoms with van der Waals surface area (Å²) in [5, 5.41) is 0. The van der Waals surface area contributed by atoms with Crippen molar-refractivity contribution in [1.29, 1.82) is 0 Å². The molecule has 1 atom stereocenters. The van der Waals surface area contributed by atoms with Crippen LogP contribution < -0.4 is 14.2 Å². The highest BCUT2D eigenvalue weighted by Crippen LogP contribution is 2.41. The maximum atomic E-state index is 11.2. The fourth-order valence-corrected chi connectivity index (χ4v) is 2.13. The molecule has 0 heterocycles. The van der Waals surface area contributed by atoms with E-state index in [4.69, 9.17) is 14.2 Å². The molecule has 0 aliphatic carbocycles. The van der Waals surface area contributed by atoms with Gasteiger partial charge in [-0.1, -0.05) is 20.8 Å². The van der Waals surface area contributed by atoms with E-state index in [0.29, 0.717) is 23.9 Å². The van der Waals surface area contributed by atoms with Crippen molar-refractivity contribution in [2.45, 2.75) is 26.2 Å². The summed E-state index contributed by atoms with van der Waals surface area (Å²) in [6, 6.07) is 3.76. The molecule has 0 saturated carbocycles. The van der Waals surface area contributed by atoms with Crippen molar-refractivity contribution in [3.63, 3.8) is 0 Å². The largest absolute Gasteiger partial charge is 0.497 e. The number of ether oxygens (including phenoxy) is 3. The van der Waals surface area contributed by atoms with E-state index in [9.17, 15) is 4.21 Å². The number of benzene rings is 1. The molecule has 1 rings (SSSR count). The fraction of sp³-hybridized carbons (Fsp3) is 0.600. The smallest absolute Gasteiger partial charge is 0.165 e. The van der Waals surface area contributed by atoms with Crippen LogP contribution in [0.2, 0.25) is 0 Å². The van der Waals surface area contributed by atoms with E-state index in [0.717, 1.165) is 11.3 Å². The Kier molecular flexibility index (Phi) is 5.87. The molecule has 0 saturated heterocycles. The average Bonchev–Trinajstić information content (AvgIpc) is 2.36. The molecule has 114 valence electrons. The summed E-state index contributed by atoms with van der Waals surface area (Å²) < 4.78 is 27.7. The van der Waals surface area contributed by atoms with Gasteiger partial charge < -0.3 is 14.2 Å². The van der Waals surface area contributed by atoms with Gasteiger partial charge in [0.2, 0.25) is 0 Å². The maximum Gasteiger partial charge on any atom is 0.165 e. The Morgan fingerprint density at radius 1 is 1.15 bits per heavy atom. The Bertz CT molecular complexity index is 477. The van der Waals surface area contributed by atoms with Gasteiger partial charge in [-0.25, -0.2) is 0 Å². The summed E-state index contributed by atoms with van der Waals surface area (Å²) >= 11 is 0.